The summed E-state index contributed by atoms with van der Waals surface area (Å²) in [4.78, 5) is 10.9. The molecule has 116 valence electrons. The number of carbonyl (C=O) groups excluding carboxylic acids is 1. The zero-order valence-corrected chi connectivity index (χ0v) is 12.8. The Labute approximate surface area is 134 Å². The zero-order valence-electron chi connectivity index (χ0n) is 12.8. The van der Waals surface area contributed by atoms with Crippen LogP contribution in [0.3, 0.4) is 0 Å². The fourth-order valence-electron chi connectivity index (χ4n) is 3.63. The number of aromatic nitrogens is 1. The van der Waals surface area contributed by atoms with Crippen LogP contribution in [0, 0.1) is 0 Å². The van der Waals surface area contributed by atoms with Crippen molar-refractivity contribution >= 4 is 17.0 Å². The second kappa shape index (κ2) is 5.47. The highest BCUT2D eigenvalue weighted by Gasteiger charge is 2.23. The van der Waals surface area contributed by atoms with E-state index in [0.717, 1.165) is 12.8 Å². The van der Waals surface area contributed by atoms with Gasteiger partial charge < -0.3 is 15.0 Å². The summed E-state index contributed by atoms with van der Waals surface area (Å²) in [7, 11) is 0. The first-order valence-corrected chi connectivity index (χ1v) is 7.86. The Kier molecular flexibility index (Phi) is 3.30. The number of primary amides is 1. The molecule has 1 amide bonds. The van der Waals surface area contributed by atoms with Gasteiger partial charge in [0.15, 0.2) is 0 Å². The van der Waals surface area contributed by atoms with E-state index in [1.807, 2.05) is 6.07 Å². The molecule has 1 heterocycles. The lowest BCUT2D eigenvalue weighted by Crippen LogP contribution is -2.17. The number of benzene rings is 2. The summed E-state index contributed by atoms with van der Waals surface area (Å²) >= 11 is 0. The number of fused-ring (bicyclic) bond motifs is 5. The van der Waals surface area contributed by atoms with E-state index in [2.05, 4.69) is 47.0 Å². The van der Waals surface area contributed by atoms with E-state index in [-0.39, 0.29) is 6.61 Å². The lowest BCUT2D eigenvalue weighted by atomic mass is 9.89. The van der Waals surface area contributed by atoms with Crippen molar-refractivity contribution in [2.75, 3.05) is 6.61 Å². The van der Waals surface area contributed by atoms with Gasteiger partial charge in [0.25, 0.3) is 0 Å². The Morgan fingerprint density at radius 3 is 2.74 bits per heavy atom. The summed E-state index contributed by atoms with van der Waals surface area (Å²) in [5.41, 5.74) is 11.6. The van der Waals surface area contributed by atoms with Crippen molar-refractivity contribution < 1.29 is 9.53 Å². The number of hydrogen-bond acceptors (Lipinski definition) is 2. The predicted molar refractivity (Wildman–Crippen MR) is 90.3 cm³/mol. The molecule has 0 unspecified atom stereocenters. The second-order valence-corrected chi connectivity index (χ2v) is 5.82. The van der Waals surface area contributed by atoms with E-state index in [9.17, 15) is 4.79 Å². The third-order valence-electron chi connectivity index (χ3n) is 4.55. The number of nitrogens with two attached hydrogens (primary N) is 1. The number of amides is 1. The normalized spacial score (nSPS) is 12.7. The van der Waals surface area contributed by atoms with Crippen molar-refractivity contribution in [1.29, 1.82) is 0 Å². The van der Waals surface area contributed by atoms with Gasteiger partial charge in [-0.15, -0.1) is 0 Å². The Bertz CT molecular complexity index is 896. The Hall–Kier alpha value is -2.75. The van der Waals surface area contributed by atoms with Crippen LogP contribution < -0.4 is 5.73 Å². The maximum absolute atomic E-state index is 10.9. The maximum Gasteiger partial charge on any atom is 0.404 e. The van der Waals surface area contributed by atoms with E-state index in [0.29, 0.717) is 6.54 Å². The van der Waals surface area contributed by atoms with Crippen molar-refractivity contribution in [3.05, 3.63) is 59.7 Å². The largest absolute Gasteiger partial charge is 0.448 e. The minimum atomic E-state index is -0.726. The molecule has 4 rings (SSSR count). The highest BCUT2D eigenvalue weighted by Crippen LogP contribution is 2.39. The standard InChI is InChI=1S/C19H18N2O2/c20-19(22)23-12-11-21-17-8-4-3-7-15(17)16-10-9-13-5-1-2-6-14(13)18(16)21/h1-8H,9-12H2,(H2,20,22). The van der Waals surface area contributed by atoms with E-state index < -0.39 is 6.09 Å². The molecule has 2 aromatic carbocycles. The van der Waals surface area contributed by atoms with E-state index in [1.54, 1.807) is 0 Å². The van der Waals surface area contributed by atoms with Gasteiger partial charge in [0.2, 0.25) is 0 Å². The van der Waals surface area contributed by atoms with Crippen LogP contribution in [0.4, 0.5) is 4.79 Å². The van der Waals surface area contributed by atoms with E-state index >= 15 is 0 Å². The number of rotatable bonds is 3. The fraction of sp³-hybridized carbons (Fsp3) is 0.211. The Morgan fingerprint density at radius 2 is 1.87 bits per heavy atom. The van der Waals surface area contributed by atoms with Crippen LogP contribution in [-0.2, 0) is 24.1 Å². The van der Waals surface area contributed by atoms with Gasteiger partial charge in [-0.1, -0.05) is 42.5 Å². The molecule has 3 aromatic rings. The van der Waals surface area contributed by atoms with Crippen LogP contribution in [0.5, 0.6) is 0 Å². The molecule has 0 aliphatic heterocycles. The number of nitrogens with zero attached hydrogens (tertiary/aromatic N) is 1. The number of para-hydroxylation sites is 1. The van der Waals surface area contributed by atoms with Gasteiger partial charge in [0, 0.05) is 16.5 Å². The molecule has 1 aliphatic carbocycles. The first kappa shape index (κ1) is 13.9. The van der Waals surface area contributed by atoms with E-state index in [4.69, 9.17) is 10.5 Å². The minimum Gasteiger partial charge on any atom is -0.448 e. The molecule has 0 bridgehead atoms. The van der Waals surface area contributed by atoms with Gasteiger partial charge >= 0.3 is 6.09 Å². The van der Waals surface area contributed by atoms with Crippen molar-refractivity contribution in [1.82, 2.24) is 4.57 Å². The molecule has 4 heteroatoms. The molecule has 2 N–H and O–H groups in total. The molecule has 0 atom stereocenters. The monoisotopic (exact) mass is 306 g/mol. The molecular weight excluding hydrogens is 288 g/mol. The van der Waals surface area contributed by atoms with Crippen molar-refractivity contribution in [2.45, 2.75) is 19.4 Å². The number of hydrogen-bond donors (Lipinski definition) is 1. The van der Waals surface area contributed by atoms with Gasteiger partial charge in [-0.25, -0.2) is 4.79 Å². The molecule has 0 fully saturated rings. The average Bonchev–Trinajstić information content (AvgIpc) is 2.89. The highest BCUT2D eigenvalue weighted by atomic mass is 16.5. The lowest BCUT2D eigenvalue weighted by molar-refractivity contribution is 0.153. The molecule has 1 aliphatic rings. The first-order chi connectivity index (χ1) is 11.3. The van der Waals surface area contributed by atoms with Crippen LogP contribution in [0.2, 0.25) is 0 Å². The summed E-state index contributed by atoms with van der Waals surface area (Å²) in [6.45, 7) is 0.885. The van der Waals surface area contributed by atoms with Gasteiger partial charge in [-0.05, 0) is 30.0 Å². The second-order valence-electron chi connectivity index (χ2n) is 5.82. The number of aryl methyl sites for hydroxylation is 2. The molecule has 0 radical (unpaired) electrons. The Balaban J connectivity index is 1.89. The fourth-order valence-corrected chi connectivity index (χ4v) is 3.63. The molecule has 23 heavy (non-hydrogen) atoms. The average molecular weight is 306 g/mol. The first-order valence-electron chi connectivity index (χ1n) is 7.86. The van der Waals surface area contributed by atoms with Crippen LogP contribution in [0.1, 0.15) is 11.1 Å². The molecule has 1 aromatic heterocycles. The predicted octanol–water partition coefficient (Wildman–Crippen LogP) is 3.50. The third-order valence-corrected chi connectivity index (χ3v) is 4.55. The molecule has 0 saturated heterocycles. The molecular formula is C19H18N2O2. The van der Waals surface area contributed by atoms with Crippen LogP contribution in [0.25, 0.3) is 22.2 Å². The van der Waals surface area contributed by atoms with Crippen molar-refractivity contribution in [3.63, 3.8) is 0 Å². The van der Waals surface area contributed by atoms with E-state index in [1.165, 1.54) is 33.3 Å². The lowest BCUT2D eigenvalue weighted by Gasteiger charge is -2.20. The van der Waals surface area contributed by atoms with Crippen molar-refractivity contribution in [3.8, 4) is 11.3 Å². The third kappa shape index (κ3) is 2.27. The molecule has 0 saturated carbocycles. The quantitative estimate of drug-likeness (QED) is 0.805. The SMILES string of the molecule is NC(=O)OCCn1c2c(c3ccccc31)CCc1ccccc1-2. The topological polar surface area (TPSA) is 57.3 Å². The molecule has 4 nitrogen and oxygen atoms in total. The maximum atomic E-state index is 10.9. The highest BCUT2D eigenvalue weighted by molar-refractivity contribution is 5.93. The summed E-state index contributed by atoms with van der Waals surface area (Å²) in [5, 5.41) is 1.29. The van der Waals surface area contributed by atoms with Crippen molar-refractivity contribution in [2.24, 2.45) is 5.73 Å². The van der Waals surface area contributed by atoms with Crippen LogP contribution in [-0.4, -0.2) is 17.3 Å². The van der Waals surface area contributed by atoms with Crippen LogP contribution in [0.15, 0.2) is 48.5 Å². The zero-order chi connectivity index (χ0) is 15.8. The van der Waals surface area contributed by atoms with Gasteiger partial charge in [0.1, 0.15) is 6.61 Å². The number of ether oxygens (including phenoxy) is 1. The summed E-state index contributed by atoms with van der Waals surface area (Å²) in [5.74, 6) is 0. The summed E-state index contributed by atoms with van der Waals surface area (Å²) in [6.07, 6.45) is 1.38. The molecule has 0 spiro atoms. The number of carbonyl (C=O) groups is 1. The van der Waals surface area contributed by atoms with Gasteiger partial charge in [0.05, 0.1) is 12.2 Å². The van der Waals surface area contributed by atoms with Crippen LogP contribution >= 0.6 is 0 Å². The minimum absolute atomic E-state index is 0.280. The Morgan fingerprint density at radius 1 is 1.09 bits per heavy atom. The smallest absolute Gasteiger partial charge is 0.404 e. The van der Waals surface area contributed by atoms with Gasteiger partial charge in [-0.2, -0.15) is 0 Å². The summed E-state index contributed by atoms with van der Waals surface area (Å²) in [6, 6.07) is 17.0. The van der Waals surface area contributed by atoms with Gasteiger partial charge in [-0.3, -0.25) is 0 Å². The summed E-state index contributed by atoms with van der Waals surface area (Å²) < 4.78 is 7.22.